The standard InChI is InChI=1S/C17H26N4O3S.HI/c1-3-25(24)16-9-5-7-14(11-16)20-17(18-2)19-12-13-6-4-8-15(10-13)21(22)23;/h4,6,8,10,14,16H,3,5,7,9,11-12H2,1-2H3,(H2,18,19,20);1H. The summed E-state index contributed by atoms with van der Waals surface area (Å²) in [7, 11) is 0.946. The number of hydrogen-bond donors (Lipinski definition) is 2. The molecule has 0 heterocycles. The van der Waals surface area contributed by atoms with Gasteiger partial charge in [-0.3, -0.25) is 19.3 Å². The Hall–Kier alpha value is -1.23. The fourth-order valence-corrected chi connectivity index (χ4v) is 4.45. The van der Waals surface area contributed by atoms with Crippen LogP contribution in [0.5, 0.6) is 0 Å². The topological polar surface area (TPSA) is 96.6 Å². The highest BCUT2D eigenvalue weighted by atomic mass is 127. The molecule has 1 aliphatic carbocycles. The molecule has 0 saturated heterocycles. The molecule has 2 rings (SSSR count). The maximum atomic E-state index is 12.0. The van der Waals surface area contributed by atoms with Crippen molar-refractivity contribution in [1.82, 2.24) is 10.6 Å². The van der Waals surface area contributed by atoms with Gasteiger partial charge in [-0.1, -0.05) is 25.5 Å². The Kier molecular flexibility index (Phi) is 10.1. The average Bonchev–Trinajstić information content (AvgIpc) is 2.64. The number of benzene rings is 1. The van der Waals surface area contributed by atoms with Crippen LogP contribution < -0.4 is 10.6 Å². The van der Waals surface area contributed by atoms with E-state index >= 15 is 0 Å². The van der Waals surface area contributed by atoms with Crippen molar-refractivity contribution in [3.05, 3.63) is 39.9 Å². The van der Waals surface area contributed by atoms with E-state index in [4.69, 9.17) is 0 Å². The van der Waals surface area contributed by atoms with Gasteiger partial charge in [0.05, 0.1) is 4.92 Å². The van der Waals surface area contributed by atoms with Crippen molar-refractivity contribution in [3.63, 3.8) is 0 Å². The van der Waals surface area contributed by atoms with Gasteiger partial charge < -0.3 is 10.6 Å². The first-order valence-corrected chi connectivity index (χ1v) is 9.99. The molecule has 1 aromatic rings. The molecule has 1 saturated carbocycles. The van der Waals surface area contributed by atoms with Crippen molar-refractivity contribution >= 4 is 46.4 Å². The van der Waals surface area contributed by atoms with E-state index in [1.165, 1.54) is 6.07 Å². The van der Waals surface area contributed by atoms with Crippen LogP contribution in [-0.2, 0) is 17.3 Å². The van der Waals surface area contributed by atoms with Crippen LogP contribution in [0.3, 0.4) is 0 Å². The number of non-ortho nitro benzene ring substituents is 1. The van der Waals surface area contributed by atoms with E-state index < -0.39 is 15.7 Å². The zero-order chi connectivity index (χ0) is 18.2. The second-order valence-electron chi connectivity index (χ2n) is 6.15. The minimum atomic E-state index is -0.756. The summed E-state index contributed by atoms with van der Waals surface area (Å²) in [5.74, 6) is 1.37. The summed E-state index contributed by atoms with van der Waals surface area (Å²) < 4.78 is 12.0. The first-order chi connectivity index (χ1) is 12.0. The summed E-state index contributed by atoms with van der Waals surface area (Å²) in [5.41, 5.74) is 0.908. The molecule has 1 fully saturated rings. The molecule has 0 bridgehead atoms. The molecule has 0 amide bonds. The van der Waals surface area contributed by atoms with Gasteiger partial charge in [-0.05, 0) is 24.8 Å². The lowest BCUT2D eigenvalue weighted by Gasteiger charge is -2.30. The normalized spacial score (nSPS) is 21.4. The number of nitrogens with one attached hydrogen (secondary N) is 2. The second-order valence-corrected chi connectivity index (χ2v) is 8.16. The monoisotopic (exact) mass is 494 g/mol. The molecule has 7 nitrogen and oxygen atoms in total. The Labute approximate surface area is 174 Å². The van der Waals surface area contributed by atoms with E-state index in [9.17, 15) is 14.3 Å². The summed E-state index contributed by atoms with van der Waals surface area (Å²) in [4.78, 5) is 14.7. The average molecular weight is 494 g/mol. The molecular formula is C17H27IN4O3S. The zero-order valence-corrected chi connectivity index (χ0v) is 18.3. The summed E-state index contributed by atoms with van der Waals surface area (Å²) in [5, 5.41) is 17.7. The third-order valence-corrected chi connectivity index (χ3v) is 6.17. The third kappa shape index (κ3) is 6.82. The van der Waals surface area contributed by atoms with Gasteiger partial charge in [0.25, 0.3) is 5.69 Å². The predicted molar refractivity (Wildman–Crippen MR) is 117 cm³/mol. The smallest absolute Gasteiger partial charge is 0.269 e. The molecule has 1 aromatic carbocycles. The van der Waals surface area contributed by atoms with Crippen LogP contribution >= 0.6 is 24.0 Å². The zero-order valence-electron chi connectivity index (χ0n) is 15.1. The van der Waals surface area contributed by atoms with Crippen molar-refractivity contribution in [2.24, 2.45) is 4.99 Å². The molecule has 3 unspecified atom stereocenters. The van der Waals surface area contributed by atoms with Gasteiger partial charge in [-0.15, -0.1) is 24.0 Å². The maximum Gasteiger partial charge on any atom is 0.269 e. The first kappa shape index (κ1) is 22.8. The number of guanidine groups is 1. The molecule has 1 aliphatic rings. The van der Waals surface area contributed by atoms with Crippen LogP contribution in [0.1, 0.15) is 38.2 Å². The van der Waals surface area contributed by atoms with Gasteiger partial charge in [0.1, 0.15) is 0 Å². The Morgan fingerprint density at radius 1 is 1.42 bits per heavy atom. The van der Waals surface area contributed by atoms with Gasteiger partial charge in [-0.2, -0.15) is 0 Å². The highest BCUT2D eigenvalue weighted by Gasteiger charge is 2.26. The fraction of sp³-hybridized carbons (Fsp3) is 0.588. The summed E-state index contributed by atoms with van der Waals surface area (Å²) in [6, 6.07) is 6.81. The number of hydrogen-bond acceptors (Lipinski definition) is 4. The van der Waals surface area contributed by atoms with Gasteiger partial charge in [0.15, 0.2) is 5.96 Å². The van der Waals surface area contributed by atoms with E-state index in [0.29, 0.717) is 18.3 Å². The quantitative estimate of drug-likeness (QED) is 0.209. The van der Waals surface area contributed by atoms with Crippen molar-refractivity contribution in [3.8, 4) is 0 Å². The fourth-order valence-electron chi connectivity index (χ4n) is 3.10. The molecule has 0 aliphatic heterocycles. The van der Waals surface area contributed by atoms with Crippen molar-refractivity contribution in [2.75, 3.05) is 12.8 Å². The lowest BCUT2D eigenvalue weighted by molar-refractivity contribution is -0.384. The number of rotatable bonds is 6. The lowest BCUT2D eigenvalue weighted by Crippen LogP contribution is -2.46. The first-order valence-electron chi connectivity index (χ1n) is 8.61. The Morgan fingerprint density at radius 2 is 2.19 bits per heavy atom. The van der Waals surface area contributed by atoms with Crippen LogP contribution in [-0.4, -0.2) is 39.2 Å². The molecule has 0 spiro atoms. The van der Waals surface area contributed by atoms with Gasteiger partial charge in [-0.25, -0.2) is 0 Å². The van der Waals surface area contributed by atoms with Gasteiger partial charge in [0.2, 0.25) is 0 Å². The van der Waals surface area contributed by atoms with E-state index in [-0.39, 0.29) is 41.0 Å². The lowest BCUT2D eigenvalue weighted by atomic mass is 9.95. The largest absolute Gasteiger partial charge is 0.354 e. The van der Waals surface area contributed by atoms with Gasteiger partial charge >= 0.3 is 0 Å². The maximum absolute atomic E-state index is 12.0. The van der Waals surface area contributed by atoms with Crippen molar-refractivity contribution in [1.29, 1.82) is 0 Å². The number of aliphatic imine (C=N–C) groups is 1. The Morgan fingerprint density at radius 3 is 2.85 bits per heavy atom. The third-order valence-electron chi connectivity index (χ3n) is 4.43. The highest BCUT2D eigenvalue weighted by molar-refractivity contribution is 14.0. The molecule has 3 atom stereocenters. The predicted octanol–water partition coefficient (Wildman–Crippen LogP) is 2.96. The van der Waals surface area contributed by atoms with Crippen LogP contribution in [0.15, 0.2) is 29.3 Å². The molecule has 0 radical (unpaired) electrons. The number of nitro groups is 1. The van der Waals surface area contributed by atoms with Crippen LogP contribution in [0.25, 0.3) is 0 Å². The summed E-state index contributed by atoms with van der Waals surface area (Å²) in [6.07, 6.45) is 4.02. The molecule has 9 heteroatoms. The molecule has 0 aromatic heterocycles. The highest BCUT2D eigenvalue weighted by Crippen LogP contribution is 2.23. The number of halogens is 1. The minimum absolute atomic E-state index is 0. The number of nitro benzene ring substituents is 1. The Bertz CT molecular complexity index is 657. The van der Waals surface area contributed by atoms with Gasteiger partial charge in [0, 0.05) is 53.6 Å². The van der Waals surface area contributed by atoms with Crippen LogP contribution in [0.4, 0.5) is 5.69 Å². The Balaban J connectivity index is 0.00000338. The summed E-state index contributed by atoms with van der Waals surface area (Å²) >= 11 is 0. The molecular weight excluding hydrogens is 467 g/mol. The minimum Gasteiger partial charge on any atom is -0.354 e. The molecule has 146 valence electrons. The second kappa shape index (κ2) is 11.5. The van der Waals surface area contributed by atoms with E-state index in [0.717, 1.165) is 31.2 Å². The molecule has 26 heavy (non-hydrogen) atoms. The molecule has 2 N–H and O–H groups in total. The van der Waals surface area contributed by atoms with Crippen molar-refractivity contribution in [2.45, 2.75) is 50.4 Å². The van der Waals surface area contributed by atoms with E-state index in [2.05, 4.69) is 15.6 Å². The van der Waals surface area contributed by atoms with Crippen LogP contribution in [0, 0.1) is 10.1 Å². The van der Waals surface area contributed by atoms with Crippen LogP contribution in [0.2, 0.25) is 0 Å². The summed E-state index contributed by atoms with van der Waals surface area (Å²) in [6.45, 7) is 2.42. The SMILES string of the molecule is CCS(=O)C1CCCC(NC(=NC)NCc2cccc([N+](=O)[O-])c2)C1.I. The van der Waals surface area contributed by atoms with E-state index in [1.807, 2.05) is 13.0 Å². The van der Waals surface area contributed by atoms with Crippen molar-refractivity contribution < 1.29 is 9.13 Å². The number of nitrogens with zero attached hydrogens (tertiary/aromatic N) is 2. The van der Waals surface area contributed by atoms with E-state index in [1.54, 1.807) is 19.2 Å².